The Kier molecular flexibility index (Phi) is 9.51. The molecule has 124 valence electrons. The number of carbonyl (C=O) groups is 1. The third kappa shape index (κ3) is 8.80. The van der Waals surface area contributed by atoms with Gasteiger partial charge < -0.3 is 20.0 Å². The first-order chi connectivity index (χ1) is 10.6. The second-order valence-corrected chi connectivity index (χ2v) is 5.72. The fourth-order valence-corrected chi connectivity index (χ4v) is 2.09. The summed E-state index contributed by atoms with van der Waals surface area (Å²) in [4.78, 5) is 10.9. The van der Waals surface area contributed by atoms with E-state index in [2.05, 4.69) is 12.2 Å². The van der Waals surface area contributed by atoms with E-state index in [1.165, 1.54) is 12.8 Å². The van der Waals surface area contributed by atoms with Gasteiger partial charge in [0.15, 0.2) is 0 Å². The second kappa shape index (κ2) is 11.2. The van der Waals surface area contributed by atoms with Crippen molar-refractivity contribution in [3.05, 3.63) is 29.8 Å². The fourth-order valence-electron chi connectivity index (χ4n) is 2.09. The Morgan fingerprint density at radius 1 is 1.27 bits per heavy atom. The van der Waals surface area contributed by atoms with Crippen LogP contribution in [0.25, 0.3) is 0 Å². The molecule has 0 saturated heterocycles. The number of unbranched alkanes of at least 4 members (excludes halogenated alkanes) is 2. The highest BCUT2D eigenvalue weighted by Gasteiger charge is 2.05. The lowest BCUT2D eigenvalue weighted by Gasteiger charge is -2.13. The predicted molar refractivity (Wildman–Crippen MR) is 89.3 cm³/mol. The second-order valence-electron chi connectivity index (χ2n) is 5.72. The lowest BCUT2D eigenvalue weighted by atomic mass is 10.1. The maximum Gasteiger partial charge on any atom is 0.130 e. The highest BCUT2D eigenvalue weighted by Crippen LogP contribution is 2.13. The molecule has 0 heterocycles. The van der Waals surface area contributed by atoms with Crippen LogP contribution in [0.15, 0.2) is 24.3 Å². The number of benzene rings is 1. The van der Waals surface area contributed by atoms with Crippen molar-refractivity contribution >= 4 is 5.78 Å². The number of carbonyl (C=O) groups excluding carboxylic acids is 1. The first-order valence-electron chi connectivity index (χ1n) is 8.21. The molecule has 0 aliphatic carbocycles. The molecule has 2 N–H and O–H groups in total. The van der Waals surface area contributed by atoms with Gasteiger partial charge in [-0.1, -0.05) is 31.9 Å². The van der Waals surface area contributed by atoms with Gasteiger partial charge in [-0.3, -0.25) is 0 Å². The topological polar surface area (TPSA) is 58.6 Å². The van der Waals surface area contributed by atoms with Gasteiger partial charge in [-0.05, 0) is 44.0 Å². The van der Waals surface area contributed by atoms with E-state index in [4.69, 9.17) is 4.74 Å². The summed E-state index contributed by atoms with van der Waals surface area (Å²) in [5, 5.41) is 13.1. The molecule has 0 aliphatic rings. The smallest absolute Gasteiger partial charge is 0.130 e. The van der Waals surface area contributed by atoms with E-state index < -0.39 is 6.10 Å². The third-order valence-corrected chi connectivity index (χ3v) is 3.47. The van der Waals surface area contributed by atoms with E-state index >= 15 is 0 Å². The number of aliphatic hydroxyl groups excluding tert-OH is 1. The standard InChI is InChI=1S/C18H29NO3/c1-3-4-5-12-19-13-17(21)14-22-18-10-8-16(9-11-18)7-6-15(2)20/h8-11,17,19,21H,3-7,12-14H2,1-2H3/t17-/m0/s1. The van der Waals surface area contributed by atoms with Crippen LogP contribution in [0, 0.1) is 0 Å². The van der Waals surface area contributed by atoms with Crippen LogP contribution in [0.5, 0.6) is 5.75 Å². The largest absolute Gasteiger partial charge is 0.491 e. The number of Topliss-reactive ketones (excluding diaryl/α,β-unsaturated/α-hetero) is 1. The Hall–Kier alpha value is -1.39. The molecule has 0 aromatic heterocycles. The average molecular weight is 307 g/mol. The molecule has 0 spiro atoms. The van der Waals surface area contributed by atoms with Gasteiger partial charge in [0.25, 0.3) is 0 Å². The lowest BCUT2D eigenvalue weighted by molar-refractivity contribution is -0.116. The van der Waals surface area contributed by atoms with Crippen LogP contribution < -0.4 is 10.1 Å². The Bertz CT molecular complexity index is 417. The molecule has 0 unspecified atom stereocenters. The minimum Gasteiger partial charge on any atom is -0.491 e. The number of aliphatic hydroxyl groups is 1. The van der Waals surface area contributed by atoms with Crippen molar-refractivity contribution in [3.63, 3.8) is 0 Å². The number of hydrogen-bond acceptors (Lipinski definition) is 4. The van der Waals surface area contributed by atoms with Gasteiger partial charge in [-0.25, -0.2) is 0 Å². The van der Waals surface area contributed by atoms with Gasteiger partial charge in [0.1, 0.15) is 24.2 Å². The summed E-state index contributed by atoms with van der Waals surface area (Å²) in [6.07, 6.45) is 4.40. The molecule has 1 aromatic carbocycles. The number of nitrogens with one attached hydrogen (secondary N) is 1. The van der Waals surface area contributed by atoms with Gasteiger partial charge in [-0.15, -0.1) is 0 Å². The van der Waals surface area contributed by atoms with Gasteiger partial charge in [0, 0.05) is 13.0 Å². The van der Waals surface area contributed by atoms with Crippen molar-refractivity contribution in [2.45, 2.75) is 52.1 Å². The molecule has 0 saturated carbocycles. The Morgan fingerprint density at radius 3 is 2.64 bits per heavy atom. The van der Waals surface area contributed by atoms with E-state index in [-0.39, 0.29) is 12.4 Å². The number of ketones is 1. The summed E-state index contributed by atoms with van der Waals surface area (Å²) in [6, 6.07) is 7.70. The van der Waals surface area contributed by atoms with Gasteiger partial charge >= 0.3 is 0 Å². The molecule has 22 heavy (non-hydrogen) atoms. The minimum atomic E-state index is -0.501. The molecule has 0 amide bonds. The molecule has 0 fully saturated rings. The third-order valence-electron chi connectivity index (χ3n) is 3.47. The van der Waals surface area contributed by atoms with E-state index in [0.717, 1.165) is 30.7 Å². The zero-order chi connectivity index (χ0) is 16.2. The van der Waals surface area contributed by atoms with Crippen molar-refractivity contribution in [2.24, 2.45) is 0 Å². The van der Waals surface area contributed by atoms with Crippen LogP contribution in [0.2, 0.25) is 0 Å². The molecule has 0 bridgehead atoms. The first kappa shape index (κ1) is 18.7. The highest BCUT2D eigenvalue weighted by molar-refractivity contribution is 5.75. The van der Waals surface area contributed by atoms with Crippen molar-refractivity contribution in [3.8, 4) is 5.75 Å². The van der Waals surface area contributed by atoms with Crippen LogP contribution in [-0.4, -0.2) is 36.7 Å². The van der Waals surface area contributed by atoms with Gasteiger partial charge in [0.05, 0.1) is 0 Å². The molecular formula is C18H29NO3. The number of rotatable bonds is 12. The summed E-state index contributed by atoms with van der Waals surface area (Å²) >= 11 is 0. The quantitative estimate of drug-likeness (QED) is 0.583. The SMILES string of the molecule is CCCCCNC[C@H](O)COc1ccc(CCC(C)=O)cc1. The van der Waals surface area contributed by atoms with Crippen LogP contribution in [-0.2, 0) is 11.2 Å². The summed E-state index contributed by atoms with van der Waals surface area (Å²) in [5.41, 5.74) is 1.13. The van der Waals surface area contributed by atoms with Crippen LogP contribution in [0.4, 0.5) is 0 Å². The maximum atomic E-state index is 10.9. The van der Waals surface area contributed by atoms with E-state index in [9.17, 15) is 9.90 Å². The van der Waals surface area contributed by atoms with Gasteiger partial charge in [-0.2, -0.15) is 0 Å². The molecule has 0 aliphatic heterocycles. The van der Waals surface area contributed by atoms with E-state index in [1.807, 2.05) is 24.3 Å². The Morgan fingerprint density at radius 2 is 2.00 bits per heavy atom. The lowest BCUT2D eigenvalue weighted by Crippen LogP contribution is -2.32. The summed E-state index contributed by atoms with van der Waals surface area (Å²) in [6.45, 7) is 5.56. The molecule has 4 nitrogen and oxygen atoms in total. The monoisotopic (exact) mass is 307 g/mol. The summed E-state index contributed by atoms with van der Waals surface area (Å²) < 4.78 is 5.57. The van der Waals surface area contributed by atoms with E-state index in [0.29, 0.717) is 13.0 Å². The highest BCUT2D eigenvalue weighted by atomic mass is 16.5. The predicted octanol–water partition coefficient (Wildman–Crippen LogP) is 2.73. The molecular weight excluding hydrogens is 278 g/mol. The van der Waals surface area contributed by atoms with Crippen LogP contribution in [0.1, 0.15) is 45.1 Å². The molecule has 1 rings (SSSR count). The molecule has 0 radical (unpaired) electrons. The van der Waals surface area contributed by atoms with Crippen LogP contribution in [0.3, 0.4) is 0 Å². The zero-order valence-corrected chi connectivity index (χ0v) is 13.8. The van der Waals surface area contributed by atoms with Crippen molar-refractivity contribution < 1.29 is 14.6 Å². The number of ether oxygens (including phenoxy) is 1. The van der Waals surface area contributed by atoms with E-state index in [1.54, 1.807) is 6.92 Å². The fraction of sp³-hybridized carbons (Fsp3) is 0.611. The zero-order valence-electron chi connectivity index (χ0n) is 13.8. The number of aryl methyl sites for hydroxylation is 1. The summed E-state index contributed by atoms with van der Waals surface area (Å²) in [5.74, 6) is 0.950. The van der Waals surface area contributed by atoms with Gasteiger partial charge in [0.2, 0.25) is 0 Å². The molecule has 1 aromatic rings. The average Bonchev–Trinajstić information content (AvgIpc) is 2.51. The Labute approximate surface area is 133 Å². The Balaban J connectivity index is 2.19. The minimum absolute atomic E-state index is 0.204. The van der Waals surface area contributed by atoms with Crippen molar-refractivity contribution in [1.82, 2.24) is 5.32 Å². The van der Waals surface area contributed by atoms with Crippen LogP contribution >= 0.6 is 0 Å². The van der Waals surface area contributed by atoms with Crippen molar-refractivity contribution in [2.75, 3.05) is 19.7 Å². The maximum absolute atomic E-state index is 10.9. The summed E-state index contributed by atoms with van der Waals surface area (Å²) in [7, 11) is 0. The van der Waals surface area contributed by atoms with Crippen molar-refractivity contribution in [1.29, 1.82) is 0 Å². The normalized spacial score (nSPS) is 12.1. The first-order valence-corrected chi connectivity index (χ1v) is 8.21. The number of hydrogen-bond donors (Lipinski definition) is 2. The molecule has 1 atom stereocenters. The molecule has 4 heteroatoms.